The van der Waals surface area contributed by atoms with E-state index in [-0.39, 0.29) is 11.9 Å². The number of rotatable bonds is 1. The Morgan fingerprint density at radius 2 is 1.89 bits per heavy atom. The second kappa shape index (κ2) is 4.12. The van der Waals surface area contributed by atoms with Crippen molar-refractivity contribution < 1.29 is 9.50 Å². The lowest BCUT2D eigenvalue weighted by atomic mass is 9.98. The van der Waals surface area contributed by atoms with Crippen LogP contribution in [0.4, 0.5) is 15.8 Å². The first-order chi connectivity index (χ1) is 8.56. The molecule has 0 amide bonds. The van der Waals surface area contributed by atoms with Crippen LogP contribution in [0.2, 0.25) is 0 Å². The molecule has 2 bridgehead atoms. The van der Waals surface area contributed by atoms with E-state index in [1.54, 1.807) is 6.92 Å². The van der Waals surface area contributed by atoms with Crippen molar-refractivity contribution in [2.75, 3.05) is 10.6 Å². The van der Waals surface area contributed by atoms with Gasteiger partial charge < -0.3 is 15.7 Å². The number of benzene rings is 1. The molecule has 2 fully saturated rings. The second-order valence-electron chi connectivity index (χ2n) is 5.58. The number of nitrogen functional groups attached to an aromatic ring is 1. The van der Waals surface area contributed by atoms with Gasteiger partial charge in [0.2, 0.25) is 0 Å². The van der Waals surface area contributed by atoms with Crippen LogP contribution in [0.5, 0.6) is 0 Å². The molecule has 2 unspecified atom stereocenters. The van der Waals surface area contributed by atoms with E-state index in [1.807, 2.05) is 6.07 Å². The highest BCUT2D eigenvalue weighted by Gasteiger charge is 2.40. The third-order valence-electron chi connectivity index (χ3n) is 4.29. The van der Waals surface area contributed by atoms with Gasteiger partial charge in [-0.15, -0.1) is 0 Å². The number of nitrogens with two attached hydrogens (primary N) is 1. The lowest BCUT2D eigenvalue weighted by molar-refractivity contribution is 0.126. The molecule has 3 N–H and O–H groups in total. The molecular formula is C14H19FN2O. The van der Waals surface area contributed by atoms with Crippen LogP contribution in [0.15, 0.2) is 12.1 Å². The largest absolute Gasteiger partial charge is 0.397 e. The van der Waals surface area contributed by atoms with Gasteiger partial charge in [-0.25, -0.2) is 4.39 Å². The summed E-state index contributed by atoms with van der Waals surface area (Å²) in [6.07, 6.45) is 3.59. The van der Waals surface area contributed by atoms with E-state index < -0.39 is 0 Å². The minimum atomic E-state index is -0.249. The maximum Gasteiger partial charge on any atom is 0.128 e. The molecule has 3 rings (SSSR count). The Balaban J connectivity index is 1.98. The zero-order valence-corrected chi connectivity index (χ0v) is 10.6. The minimum absolute atomic E-state index is 0.193. The van der Waals surface area contributed by atoms with Crippen molar-refractivity contribution in [2.24, 2.45) is 0 Å². The first-order valence-electron chi connectivity index (χ1n) is 6.58. The molecular weight excluding hydrogens is 231 g/mol. The number of piperidine rings is 1. The fourth-order valence-electron chi connectivity index (χ4n) is 3.45. The van der Waals surface area contributed by atoms with Crippen LogP contribution in [0.3, 0.4) is 0 Å². The van der Waals surface area contributed by atoms with E-state index in [2.05, 4.69) is 4.90 Å². The van der Waals surface area contributed by atoms with Gasteiger partial charge in [-0.05, 0) is 50.3 Å². The fraction of sp³-hybridized carbons (Fsp3) is 0.571. The van der Waals surface area contributed by atoms with Crippen molar-refractivity contribution in [1.82, 2.24) is 0 Å². The number of hydrogen-bond donors (Lipinski definition) is 2. The maximum atomic E-state index is 13.5. The summed E-state index contributed by atoms with van der Waals surface area (Å²) in [7, 11) is 0. The Morgan fingerprint density at radius 1 is 1.28 bits per heavy atom. The molecule has 2 aliphatic rings. The van der Waals surface area contributed by atoms with Gasteiger partial charge >= 0.3 is 0 Å². The quantitative estimate of drug-likeness (QED) is 0.751. The maximum absolute atomic E-state index is 13.5. The number of aliphatic hydroxyl groups is 1. The highest BCUT2D eigenvalue weighted by Crippen LogP contribution is 2.42. The van der Waals surface area contributed by atoms with Gasteiger partial charge in [0, 0.05) is 12.1 Å². The molecule has 1 aromatic rings. The first kappa shape index (κ1) is 11.8. The van der Waals surface area contributed by atoms with Gasteiger partial charge in [0.1, 0.15) is 5.82 Å². The van der Waals surface area contributed by atoms with Crippen LogP contribution in [0.25, 0.3) is 0 Å². The van der Waals surface area contributed by atoms with Crippen molar-refractivity contribution in [1.29, 1.82) is 0 Å². The van der Waals surface area contributed by atoms with Crippen molar-refractivity contribution in [3.05, 3.63) is 23.5 Å². The van der Waals surface area contributed by atoms with Gasteiger partial charge in [-0.1, -0.05) is 0 Å². The van der Waals surface area contributed by atoms with Crippen LogP contribution in [-0.2, 0) is 0 Å². The molecule has 0 spiro atoms. The third kappa shape index (κ3) is 1.75. The Hall–Kier alpha value is -1.29. The number of fused-ring (bicyclic) bond motifs is 2. The average Bonchev–Trinajstić information content (AvgIpc) is 2.56. The van der Waals surface area contributed by atoms with Gasteiger partial charge in [0.05, 0.1) is 17.5 Å². The Labute approximate surface area is 106 Å². The molecule has 0 saturated carbocycles. The molecule has 2 saturated heterocycles. The number of aryl methyl sites for hydroxylation is 1. The Morgan fingerprint density at radius 3 is 2.50 bits per heavy atom. The van der Waals surface area contributed by atoms with Crippen LogP contribution in [-0.4, -0.2) is 23.3 Å². The van der Waals surface area contributed by atoms with Crippen molar-refractivity contribution in [3.63, 3.8) is 0 Å². The predicted octanol–water partition coefficient (Wildman–Crippen LogP) is 2.21. The molecule has 2 heterocycles. The van der Waals surface area contributed by atoms with E-state index in [1.165, 1.54) is 6.07 Å². The van der Waals surface area contributed by atoms with Gasteiger partial charge in [0.25, 0.3) is 0 Å². The Bertz CT molecular complexity index is 463. The van der Waals surface area contributed by atoms with Crippen LogP contribution < -0.4 is 10.6 Å². The third-order valence-corrected chi connectivity index (χ3v) is 4.29. The minimum Gasteiger partial charge on any atom is -0.397 e. The number of anilines is 2. The number of halogens is 1. The summed E-state index contributed by atoms with van der Waals surface area (Å²) < 4.78 is 13.5. The first-order valence-corrected chi connectivity index (χ1v) is 6.58. The zero-order valence-electron chi connectivity index (χ0n) is 10.6. The molecule has 2 atom stereocenters. The lowest BCUT2D eigenvalue weighted by Crippen LogP contribution is -2.45. The second-order valence-corrected chi connectivity index (χ2v) is 5.58. The lowest BCUT2D eigenvalue weighted by Gasteiger charge is -2.39. The number of nitrogens with zero attached hydrogens (tertiary/aromatic N) is 1. The summed E-state index contributed by atoms with van der Waals surface area (Å²) >= 11 is 0. The monoisotopic (exact) mass is 250 g/mol. The summed E-state index contributed by atoms with van der Waals surface area (Å²) in [6.45, 7) is 1.76. The summed E-state index contributed by atoms with van der Waals surface area (Å²) in [6, 6.07) is 3.96. The van der Waals surface area contributed by atoms with E-state index in [0.29, 0.717) is 23.3 Å². The average molecular weight is 250 g/mol. The molecule has 0 radical (unpaired) electrons. The molecule has 1 aromatic carbocycles. The molecule has 0 aromatic heterocycles. The van der Waals surface area contributed by atoms with Gasteiger partial charge in [0.15, 0.2) is 0 Å². The fourth-order valence-corrected chi connectivity index (χ4v) is 3.45. The van der Waals surface area contributed by atoms with Crippen molar-refractivity contribution in [2.45, 2.75) is 50.8 Å². The van der Waals surface area contributed by atoms with E-state index >= 15 is 0 Å². The standard InChI is InChI=1S/C14H19FN2O/c1-8-4-14(13(16)7-12(8)15)17-9-2-3-10(17)6-11(18)5-9/h4,7,9-11,18H,2-3,5-6,16H2,1H3. The molecule has 0 aliphatic carbocycles. The SMILES string of the molecule is Cc1cc(N2C3CCC2CC(O)C3)c(N)cc1F. The number of hydrogen-bond acceptors (Lipinski definition) is 3. The van der Waals surface area contributed by atoms with Crippen molar-refractivity contribution >= 4 is 11.4 Å². The van der Waals surface area contributed by atoms with Crippen LogP contribution >= 0.6 is 0 Å². The number of aliphatic hydroxyl groups excluding tert-OH is 1. The van der Waals surface area contributed by atoms with Crippen LogP contribution in [0, 0.1) is 12.7 Å². The van der Waals surface area contributed by atoms with Gasteiger partial charge in [-0.3, -0.25) is 0 Å². The predicted molar refractivity (Wildman–Crippen MR) is 70.1 cm³/mol. The summed E-state index contributed by atoms with van der Waals surface area (Å²) in [4.78, 5) is 2.30. The van der Waals surface area contributed by atoms with Crippen LogP contribution in [0.1, 0.15) is 31.2 Å². The zero-order chi connectivity index (χ0) is 12.9. The van der Waals surface area contributed by atoms with E-state index in [0.717, 1.165) is 31.4 Å². The summed E-state index contributed by atoms with van der Waals surface area (Å²) in [5, 5.41) is 9.80. The normalized spacial score (nSPS) is 30.8. The highest BCUT2D eigenvalue weighted by atomic mass is 19.1. The van der Waals surface area contributed by atoms with Gasteiger partial charge in [-0.2, -0.15) is 0 Å². The van der Waals surface area contributed by atoms with E-state index in [4.69, 9.17) is 5.73 Å². The van der Waals surface area contributed by atoms with E-state index in [9.17, 15) is 9.50 Å². The topological polar surface area (TPSA) is 49.5 Å². The molecule has 4 heteroatoms. The Kier molecular flexibility index (Phi) is 2.70. The molecule has 18 heavy (non-hydrogen) atoms. The molecule has 2 aliphatic heterocycles. The summed E-state index contributed by atoms with van der Waals surface area (Å²) in [5.41, 5.74) is 8.04. The van der Waals surface area contributed by atoms with Crippen molar-refractivity contribution in [3.8, 4) is 0 Å². The molecule has 3 nitrogen and oxygen atoms in total. The molecule has 98 valence electrons. The highest BCUT2D eigenvalue weighted by molar-refractivity contribution is 5.70. The smallest absolute Gasteiger partial charge is 0.128 e. The summed E-state index contributed by atoms with van der Waals surface area (Å²) in [5.74, 6) is -0.249.